The summed E-state index contributed by atoms with van der Waals surface area (Å²) in [6.45, 7) is 1.86. The van der Waals surface area contributed by atoms with E-state index >= 15 is 0 Å². The van der Waals surface area contributed by atoms with Crippen molar-refractivity contribution < 1.29 is 13.2 Å². The Labute approximate surface area is 108 Å². The summed E-state index contributed by atoms with van der Waals surface area (Å²) in [5.74, 6) is 0.402. The molecule has 2 N–H and O–H groups in total. The summed E-state index contributed by atoms with van der Waals surface area (Å²) in [5, 5.41) is 2.78. The van der Waals surface area contributed by atoms with E-state index in [1.807, 2.05) is 6.92 Å². The highest BCUT2D eigenvalue weighted by Crippen LogP contribution is 2.34. The lowest BCUT2D eigenvalue weighted by Gasteiger charge is -2.18. The van der Waals surface area contributed by atoms with Crippen LogP contribution in [0.3, 0.4) is 0 Å². The minimum Gasteiger partial charge on any atom is -0.360 e. The molecule has 7 heteroatoms. The van der Waals surface area contributed by atoms with E-state index in [9.17, 15) is 13.2 Å². The van der Waals surface area contributed by atoms with Crippen molar-refractivity contribution >= 4 is 5.82 Å². The summed E-state index contributed by atoms with van der Waals surface area (Å²) in [4.78, 5) is 10.7. The number of aromatic nitrogens is 3. The van der Waals surface area contributed by atoms with Crippen molar-refractivity contribution in [2.24, 2.45) is 0 Å². The fourth-order valence-electron chi connectivity index (χ4n) is 1.75. The molecule has 0 fully saturated rings. The van der Waals surface area contributed by atoms with Crippen LogP contribution in [0.15, 0.2) is 30.7 Å². The van der Waals surface area contributed by atoms with Gasteiger partial charge >= 0.3 is 6.18 Å². The third-order valence-corrected chi connectivity index (χ3v) is 2.68. The number of hydrogen-bond acceptors (Lipinski definition) is 3. The Bertz CT molecular complexity index is 522. The van der Waals surface area contributed by atoms with Crippen molar-refractivity contribution in [2.45, 2.75) is 25.6 Å². The Kier molecular flexibility index (Phi) is 3.73. The Balaban J connectivity index is 2.28. The van der Waals surface area contributed by atoms with Crippen molar-refractivity contribution in [3.63, 3.8) is 0 Å². The van der Waals surface area contributed by atoms with Gasteiger partial charge in [-0.05, 0) is 18.6 Å². The summed E-state index contributed by atoms with van der Waals surface area (Å²) >= 11 is 0. The summed E-state index contributed by atoms with van der Waals surface area (Å²) in [5.41, 5.74) is -0.778. The van der Waals surface area contributed by atoms with Crippen LogP contribution in [0.5, 0.6) is 0 Å². The topological polar surface area (TPSA) is 53.6 Å². The van der Waals surface area contributed by atoms with Crippen LogP contribution >= 0.6 is 0 Å². The molecule has 102 valence electrons. The van der Waals surface area contributed by atoms with Gasteiger partial charge in [-0.2, -0.15) is 13.2 Å². The van der Waals surface area contributed by atoms with Crippen LogP contribution in [0.4, 0.5) is 19.0 Å². The van der Waals surface area contributed by atoms with Crippen molar-refractivity contribution in [1.29, 1.82) is 0 Å². The first-order valence-corrected chi connectivity index (χ1v) is 5.80. The van der Waals surface area contributed by atoms with Gasteiger partial charge in [-0.25, -0.2) is 9.97 Å². The SMILES string of the molecule is CCC(Nc1ncccc1C(F)(F)F)c1ncc[nH]1. The molecule has 0 radical (unpaired) electrons. The van der Waals surface area contributed by atoms with Gasteiger partial charge in [0.05, 0.1) is 11.6 Å². The number of nitrogens with one attached hydrogen (secondary N) is 2. The van der Waals surface area contributed by atoms with Gasteiger partial charge in [0.15, 0.2) is 0 Å². The Morgan fingerprint density at radius 2 is 2.11 bits per heavy atom. The maximum atomic E-state index is 12.8. The fraction of sp³-hybridized carbons (Fsp3) is 0.333. The minimum atomic E-state index is -4.43. The Hall–Kier alpha value is -2.05. The summed E-state index contributed by atoms with van der Waals surface area (Å²) in [7, 11) is 0. The van der Waals surface area contributed by atoms with Gasteiger partial charge in [0.2, 0.25) is 0 Å². The highest BCUT2D eigenvalue weighted by atomic mass is 19.4. The lowest BCUT2D eigenvalue weighted by Crippen LogP contribution is -2.17. The van der Waals surface area contributed by atoms with Crippen LogP contribution in [0.1, 0.15) is 30.8 Å². The Morgan fingerprint density at radius 3 is 2.68 bits per heavy atom. The van der Waals surface area contributed by atoms with E-state index in [2.05, 4.69) is 20.3 Å². The number of H-pyrrole nitrogens is 1. The number of rotatable bonds is 4. The van der Waals surface area contributed by atoms with Crippen LogP contribution in [0.25, 0.3) is 0 Å². The number of aromatic amines is 1. The number of alkyl halides is 3. The molecule has 0 spiro atoms. The van der Waals surface area contributed by atoms with E-state index in [0.29, 0.717) is 12.2 Å². The molecule has 0 amide bonds. The van der Waals surface area contributed by atoms with Gasteiger partial charge in [-0.1, -0.05) is 6.92 Å². The maximum Gasteiger partial charge on any atom is 0.419 e. The molecule has 0 aliphatic carbocycles. The summed E-state index contributed by atoms with van der Waals surface area (Å²) in [6.07, 6.45) is 0.664. The largest absolute Gasteiger partial charge is 0.419 e. The molecule has 0 aliphatic heterocycles. The van der Waals surface area contributed by atoms with Gasteiger partial charge in [0.25, 0.3) is 0 Å². The quantitative estimate of drug-likeness (QED) is 0.895. The summed E-state index contributed by atoms with van der Waals surface area (Å²) in [6, 6.07) is 1.93. The smallest absolute Gasteiger partial charge is 0.360 e. The van der Waals surface area contributed by atoms with Gasteiger partial charge < -0.3 is 10.3 Å². The van der Waals surface area contributed by atoms with E-state index in [1.165, 1.54) is 12.3 Å². The molecule has 0 aliphatic rings. The standard InChI is InChI=1S/C12H13F3N4/c1-2-9(11-17-6-7-18-11)19-10-8(12(13,14)15)4-3-5-16-10/h3-7,9H,2H2,1H3,(H,16,19)(H,17,18). The lowest BCUT2D eigenvalue weighted by atomic mass is 10.2. The van der Waals surface area contributed by atoms with Gasteiger partial charge in [0.1, 0.15) is 11.6 Å². The summed E-state index contributed by atoms with van der Waals surface area (Å²) < 4.78 is 38.5. The second kappa shape index (κ2) is 5.29. The second-order valence-electron chi connectivity index (χ2n) is 3.98. The van der Waals surface area contributed by atoms with Gasteiger partial charge in [-0.3, -0.25) is 0 Å². The monoisotopic (exact) mass is 270 g/mol. The van der Waals surface area contributed by atoms with Crippen LogP contribution in [0.2, 0.25) is 0 Å². The van der Waals surface area contributed by atoms with Gasteiger partial charge in [0, 0.05) is 18.6 Å². The molecule has 4 nitrogen and oxygen atoms in total. The zero-order valence-electron chi connectivity index (χ0n) is 10.2. The maximum absolute atomic E-state index is 12.8. The third kappa shape index (κ3) is 3.04. The van der Waals surface area contributed by atoms with Crippen molar-refractivity contribution in [1.82, 2.24) is 15.0 Å². The van der Waals surface area contributed by atoms with Crippen molar-refractivity contribution in [3.8, 4) is 0 Å². The minimum absolute atomic E-state index is 0.182. The number of pyridine rings is 1. The molecule has 0 saturated heterocycles. The molecule has 1 unspecified atom stereocenters. The zero-order chi connectivity index (χ0) is 13.9. The van der Waals surface area contributed by atoms with E-state index < -0.39 is 11.7 Å². The van der Waals surface area contributed by atoms with Crippen LogP contribution in [0, 0.1) is 0 Å². The van der Waals surface area contributed by atoms with E-state index in [-0.39, 0.29) is 11.9 Å². The van der Waals surface area contributed by atoms with Crippen LogP contribution in [-0.4, -0.2) is 15.0 Å². The number of imidazole rings is 1. The molecule has 0 bridgehead atoms. The number of anilines is 1. The molecule has 2 heterocycles. The molecular weight excluding hydrogens is 257 g/mol. The van der Waals surface area contributed by atoms with Crippen molar-refractivity contribution in [3.05, 3.63) is 42.1 Å². The molecule has 1 atom stereocenters. The first-order chi connectivity index (χ1) is 9.02. The molecule has 2 aromatic rings. The van der Waals surface area contributed by atoms with Crippen molar-refractivity contribution in [2.75, 3.05) is 5.32 Å². The second-order valence-corrected chi connectivity index (χ2v) is 3.98. The normalized spacial score (nSPS) is 13.3. The highest BCUT2D eigenvalue weighted by molar-refractivity contribution is 5.46. The molecule has 2 rings (SSSR count). The average Bonchev–Trinajstić information content (AvgIpc) is 2.89. The Morgan fingerprint density at radius 1 is 1.32 bits per heavy atom. The predicted octanol–water partition coefficient (Wildman–Crippen LogP) is 3.39. The molecule has 0 saturated carbocycles. The number of hydrogen-bond donors (Lipinski definition) is 2. The van der Waals surface area contributed by atoms with E-state index in [4.69, 9.17) is 0 Å². The number of halogens is 3. The van der Waals surface area contributed by atoms with Crippen LogP contribution < -0.4 is 5.32 Å². The first kappa shape index (κ1) is 13.4. The molecular formula is C12H13F3N4. The average molecular weight is 270 g/mol. The fourth-order valence-corrected chi connectivity index (χ4v) is 1.75. The van der Waals surface area contributed by atoms with E-state index in [1.54, 1.807) is 12.4 Å². The molecule has 19 heavy (non-hydrogen) atoms. The molecule has 0 aromatic carbocycles. The zero-order valence-corrected chi connectivity index (χ0v) is 10.2. The van der Waals surface area contributed by atoms with E-state index in [0.717, 1.165) is 6.07 Å². The highest BCUT2D eigenvalue weighted by Gasteiger charge is 2.34. The molecule has 2 aromatic heterocycles. The van der Waals surface area contributed by atoms with Gasteiger partial charge in [-0.15, -0.1) is 0 Å². The first-order valence-electron chi connectivity index (χ1n) is 5.80. The third-order valence-electron chi connectivity index (χ3n) is 2.68. The van der Waals surface area contributed by atoms with Crippen LogP contribution in [-0.2, 0) is 6.18 Å². The predicted molar refractivity (Wildman–Crippen MR) is 64.5 cm³/mol. The lowest BCUT2D eigenvalue weighted by molar-refractivity contribution is -0.137. The number of nitrogens with zero attached hydrogens (tertiary/aromatic N) is 2.